The molecule has 1 amide bonds. The van der Waals surface area contributed by atoms with E-state index in [9.17, 15) is 13.2 Å². The molecule has 2 rings (SSSR count). The first kappa shape index (κ1) is 15.7. The Morgan fingerprint density at radius 2 is 1.75 bits per heavy atom. The third-order valence-electron chi connectivity index (χ3n) is 4.09. The highest BCUT2D eigenvalue weighted by Crippen LogP contribution is 2.17. The number of piperazine rings is 1. The van der Waals surface area contributed by atoms with Crippen LogP contribution in [0.4, 0.5) is 0 Å². The average molecular weight is 303 g/mol. The molecule has 0 aromatic heterocycles. The smallest absolute Gasteiger partial charge is 0.225 e. The maximum Gasteiger partial charge on any atom is 0.225 e. The Labute approximate surface area is 121 Å². The number of piperidine rings is 1. The van der Waals surface area contributed by atoms with Crippen LogP contribution in [-0.2, 0) is 14.8 Å². The fraction of sp³-hybridized carbons (Fsp3) is 0.923. The Kier molecular flexibility index (Phi) is 5.40. The first-order chi connectivity index (χ1) is 9.54. The van der Waals surface area contributed by atoms with E-state index in [0.29, 0.717) is 32.6 Å². The molecule has 2 fully saturated rings. The summed E-state index contributed by atoms with van der Waals surface area (Å²) in [7, 11) is -3.12. The van der Waals surface area contributed by atoms with Crippen molar-refractivity contribution >= 4 is 15.9 Å². The predicted molar refractivity (Wildman–Crippen MR) is 77.8 cm³/mol. The molecule has 116 valence electrons. The molecule has 0 aliphatic carbocycles. The molecule has 0 saturated carbocycles. The molecule has 2 saturated heterocycles. The van der Waals surface area contributed by atoms with Crippen LogP contribution in [0.15, 0.2) is 0 Å². The lowest BCUT2D eigenvalue weighted by Gasteiger charge is -2.36. The summed E-state index contributed by atoms with van der Waals surface area (Å²) in [6, 6.07) is 0. The summed E-state index contributed by atoms with van der Waals surface area (Å²) >= 11 is 0. The van der Waals surface area contributed by atoms with Gasteiger partial charge < -0.3 is 10.2 Å². The van der Waals surface area contributed by atoms with E-state index in [1.807, 2.05) is 11.8 Å². The highest BCUT2D eigenvalue weighted by atomic mass is 32.2. The number of amides is 1. The SMILES string of the molecule is CCCS(=O)(=O)N1CCN(C(=O)C2CCNCC2)CC1. The summed E-state index contributed by atoms with van der Waals surface area (Å²) in [4.78, 5) is 14.2. The van der Waals surface area contributed by atoms with E-state index >= 15 is 0 Å². The lowest BCUT2D eigenvalue weighted by Crippen LogP contribution is -2.53. The molecule has 6 nitrogen and oxygen atoms in total. The van der Waals surface area contributed by atoms with Gasteiger partial charge in [-0.05, 0) is 32.4 Å². The summed E-state index contributed by atoms with van der Waals surface area (Å²) in [5.74, 6) is 0.531. The van der Waals surface area contributed by atoms with Crippen LogP contribution in [0.2, 0.25) is 0 Å². The van der Waals surface area contributed by atoms with Crippen LogP contribution in [-0.4, -0.2) is 68.6 Å². The highest BCUT2D eigenvalue weighted by molar-refractivity contribution is 7.89. The van der Waals surface area contributed by atoms with Crippen molar-refractivity contribution in [3.63, 3.8) is 0 Å². The minimum atomic E-state index is -3.12. The summed E-state index contributed by atoms with van der Waals surface area (Å²) in [6.45, 7) is 5.63. The van der Waals surface area contributed by atoms with Crippen molar-refractivity contribution in [1.29, 1.82) is 0 Å². The summed E-state index contributed by atoms with van der Waals surface area (Å²) in [5.41, 5.74) is 0. The Bertz CT molecular complexity index is 424. The zero-order valence-corrected chi connectivity index (χ0v) is 13.0. The number of nitrogens with one attached hydrogen (secondary N) is 1. The molecule has 2 heterocycles. The van der Waals surface area contributed by atoms with Gasteiger partial charge in [-0.25, -0.2) is 8.42 Å². The van der Waals surface area contributed by atoms with Crippen molar-refractivity contribution in [2.75, 3.05) is 45.0 Å². The van der Waals surface area contributed by atoms with E-state index in [1.54, 1.807) is 0 Å². The highest BCUT2D eigenvalue weighted by Gasteiger charge is 2.31. The first-order valence-electron chi connectivity index (χ1n) is 7.52. The van der Waals surface area contributed by atoms with E-state index < -0.39 is 10.0 Å². The first-order valence-corrected chi connectivity index (χ1v) is 9.13. The molecule has 2 aliphatic rings. The summed E-state index contributed by atoms with van der Waals surface area (Å²) in [6.07, 6.45) is 2.43. The van der Waals surface area contributed by atoms with Crippen molar-refractivity contribution in [3.05, 3.63) is 0 Å². The van der Waals surface area contributed by atoms with Crippen LogP contribution in [0.1, 0.15) is 26.2 Å². The molecule has 0 atom stereocenters. The van der Waals surface area contributed by atoms with Gasteiger partial charge in [0.15, 0.2) is 0 Å². The van der Waals surface area contributed by atoms with Crippen LogP contribution in [0, 0.1) is 5.92 Å². The average Bonchev–Trinajstić information content (AvgIpc) is 2.47. The quantitative estimate of drug-likeness (QED) is 0.785. The van der Waals surface area contributed by atoms with Gasteiger partial charge in [0.1, 0.15) is 0 Å². The van der Waals surface area contributed by atoms with Gasteiger partial charge in [-0.15, -0.1) is 0 Å². The number of hydrogen-bond acceptors (Lipinski definition) is 4. The number of sulfonamides is 1. The molecule has 2 aliphatic heterocycles. The van der Waals surface area contributed by atoms with E-state index in [1.165, 1.54) is 4.31 Å². The topological polar surface area (TPSA) is 69.7 Å². The molecule has 0 spiro atoms. The fourth-order valence-corrected chi connectivity index (χ4v) is 4.39. The molecule has 7 heteroatoms. The largest absolute Gasteiger partial charge is 0.340 e. The van der Waals surface area contributed by atoms with E-state index in [4.69, 9.17) is 0 Å². The Morgan fingerprint density at radius 3 is 2.30 bits per heavy atom. The second-order valence-electron chi connectivity index (χ2n) is 5.56. The van der Waals surface area contributed by atoms with Gasteiger partial charge in [-0.1, -0.05) is 6.92 Å². The van der Waals surface area contributed by atoms with Gasteiger partial charge in [0, 0.05) is 32.1 Å². The molecule has 0 aromatic carbocycles. The fourth-order valence-electron chi connectivity index (χ4n) is 2.90. The zero-order valence-electron chi connectivity index (χ0n) is 12.2. The zero-order chi connectivity index (χ0) is 14.6. The van der Waals surface area contributed by atoms with Crippen molar-refractivity contribution < 1.29 is 13.2 Å². The summed E-state index contributed by atoms with van der Waals surface area (Å²) < 4.78 is 25.5. The number of carbonyl (C=O) groups excluding carboxylic acids is 1. The molecule has 0 aromatic rings. The molecule has 20 heavy (non-hydrogen) atoms. The minimum Gasteiger partial charge on any atom is -0.340 e. The van der Waals surface area contributed by atoms with Crippen molar-refractivity contribution in [2.45, 2.75) is 26.2 Å². The van der Waals surface area contributed by atoms with Gasteiger partial charge in [-0.2, -0.15) is 4.31 Å². The number of rotatable bonds is 4. The van der Waals surface area contributed by atoms with Crippen molar-refractivity contribution in [2.24, 2.45) is 5.92 Å². The molecule has 1 N–H and O–H groups in total. The number of carbonyl (C=O) groups is 1. The monoisotopic (exact) mass is 303 g/mol. The van der Waals surface area contributed by atoms with Crippen LogP contribution in [0.5, 0.6) is 0 Å². The van der Waals surface area contributed by atoms with Crippen LogP contribution >= 0.6 is 0 Å². The number of hydrogen-bond donors (Lipinski definition) is 1. The Morgan fingerprint density at radius 1 is 1.15 bits per heavy atom. The predicted octanol–water partition coefficient (Wildman–Crippen LogP) is -0.130. The number of nitrogens with zero attached hydrogens (tertiary/aromatic N) is 2. The van der Waals surface area contributed by atoms with Gasteiger partial charge >= 0.3 is 0 Å². The van der Waals surface area contributed by atoms with Gasteiger partial charge in [-0.3, -0.25) is 4.79 Å². The second kappa shape index (κ2) is 6.87. The lowest BCUT2D eigenvalue weighted by molar-refractivity contribution is -0.137. The molecule has 0 bridgehead atoms. The molecular weight excluding hydrogens is 278 g/mol. The van der Waals surface area contributed by atoms with Crippen molar-refractivity contribution in [1.82, 2.24) is 14.5 Å². The maximum atomic E-state index is 12.4. The van der Waals surface area contributed by atoms with Crippen LogP contribution in [0.3, 0.4) is 0 Å². The Balaban J connectivity index is 1.86. The van der Waals surface area contributed by atoms with Crippen molar-refractivity contribution in [3.8, 4) is 0 Å². The molecule has 0 radical (unpaired) electrons. The van der Waals surface area contributed by atoms with Gasteiger partial charge in [0.05, 0.1) is 5.75 Å². The van der Waals surface area contributed by atoms with Crippen LogP contribution in [0.25, 0.3) is 0 Å². The standard InChI is InChI=1S/C13H25N3O3S/c1-2-11-20(18,19)16-9-7-15(8-10-16)13(17)12-3-5-14-6-4-12/h12,14H,2-11H2,1H3. The minimum absolute atomic E-state index is 0.120. The maximum absolute atomic E-state index is 12.4. The third-order valence-corrected chi connectivity index (χ3v) is 6.17. The van der Waals surface area contributed by atoms with E-state index in [0.717, 1.165) is 25.9 Å². The third kappa shape index (κ3) is 3.71. The lowest BCUT2D eigenvalue weighted by atomic mass is 9.96. The van der Waals surface area contributed by atoms with Gasteiger partial charge in [0.25, 0.3) is 0 Å². The van der Waals surface area contributed by atoms with E-state index in [-0.39, 0.29) is 17.6 Å². The normalized spacial score (nSPS) is 22.9. The summed E-state index contributed by atoms with van der Waals surface area (Å²) in [5, 5.41) is 3.26. The van der Waals surface area contributed by atoms with Gasteiger partial charge in [0.2, 0.25) is 15.9 Å². The molecular formula is C13H25N3O3S. The van der Waals surface area contributed by atoms with Crippen LogP contribution < -0.4 is 5.32 Å². The second-order valence-corrected chi connectivity index (χ2v) is 7.65. The van der Waals surface area contributed by atoms with E-state index in [2.05, 4.69) is 5.32 Å². The Hall–Kier alpha value is -0.660. The molecule has 0 unspecified atom stereocenters.